The van der Waals surface area contributed by atoms with Gasteiger partial charge in [-0.1, -0.05) is 6.92 Å². The maximum atomic E-state index is 7.78. The lowest BCUT2D eigenvalue weighted by Gasteiger charge is -2.46. The highest BCUT2D eigenvalue weighted by Gasteiger charge is 2.31. The average Bonchev–Trinajstić information content (AvgIpc) is 2.08. The fourth-order valence-electron chi connectivity index (χ4n) is 1.69. The molecule has 0 aliphatic carbocycles. The van der Waals surface area contributed by atoms with Crippen LogP contribution in [0.2, 0.25) is 0 Å². The molecule has 1 rings (SSSR count). The lowest BCUT2D eigenvalue weighted by Crippen LogP contribution is -2.58. The molecule has 0 bridgehead atoms. The van der Waals surface area contributed by atoms with Gasteiger partial charge in [0, 0.05) is 31.6 Å². The second-order valence-corrected chi connectivity index (χ2v) is 4.46. The van der Waals surface area contributed by atoms with Crippen molar-refractivity contribution in [2.75, 3.05) is 26.7 Å². The van der Waals surface area contributed by atoms with E-state index >= 15 is 0 Å². The number of nitrogens with one attached hydrogen (secondary N) is 1. The van der Waals surface area contributed by atoms with Gasteiger partial charge in [-0.25, -0.2) is 0 Å². The van der Waals surface area contributed by atoms with E-state index in [1.807, 2.05) is 6.92 Å². The molecular formula is C10H21N3. The molecule has 0 atom stereocenters. The molecule has 0 unspecified atom stereocenters. The van der Waals surface area contributed by atoms with Crippen molar-refractivity contribution in [3.63, 3.8) is 0 Å². The Labute approximate surface area is 81.2 Å². The monoisotopic (exact) mass is 183 g/mol. The Balaban J connectivity index is 2.60. The number of hydrogen-bond donors (Lipinski definition) is 1. The molecule has 0 amide bonds. The van der Waals surface area contributed by atoms with E-state index in [1.165, 1.54) is 0 Å². The molecule has 1 aliphatic heterocycles. The Bertz CT molecular complexity index is 198. The van der Waals surface area contributed by atoms with Crippen molar-refractivity contribution in [1.29, 1.82) is 5.41 Å². The summed E-state index contributed by atoms with van der Waals surface area (Å²) in [5.74, 6) is 0.779. The third-order valence-corrected chi connectivity index (χ3v) is 3.03. The van der Waals surface area contributed by atoms with E-state index in [1.54, 1.807) is 0 Å². The molecular weight excluding hydrogens is 162 g/mol. The van der Waals surface area contributed by atoms with E-state index in [4.69, 9.17) is 5.41 Å². The fourth-order valence-corrected chi connectivity index (χ4v) is 1.69. The highest BCUT2D eigenvalue weighted by Crippen LogP contribution is 2.19. The second-order valence-electron chi connectivity index (χ2n) is 4.46. The van der Waals surface area contributed by atoms with Gasteiger partial charge >= 0.3 is 0 Å². The second kappa shape index (κ2) is 3.66. The minimum Gasteiger partial charge on any atom is -0.357 e. The van der Waals surface area contributed by atoms with Gasteiger partial charge in [0.1, 0.15) is 0 Å². The van der Waals surface area contributed by atoms with E-state index in [2.05, 4.69) is 30.7 Å². The Morgan fingerprint density at radius 1 is 1.38 bits per heavy atom. The van der Waals surface area contributed by atoms with Gasteiger partial charge in [-0.3, -0.25) is 10.3 Å². The number of piperazine rings is 1. The number of nitrogens with zero attached hydrogens (tertiary/aromatic N) is 2. The molecule has 0 radical (unpaired) electrons. The van der Waals surface area contributed by atoms with Crippen LogP contribution in [0, 0.1) is 5.41 Å². The zero-order valence-corrected chi connectivity index (χ0v) is 9.22. The smallest absolute Gasteiger partial charge is 0.0955 e. The summed E-state index contributed by atoms with van der Waals surface area (Å²) in [5, 5.41) is 7.78. The van der Waals surface area contributed by atoms with E-state index in [0.717, 1.165) is 31.9 Å². The van der Waals surface area contributed by atoms with E-state index in [-0.39, 0.29) is 5.54 Å². The molecule has 3 heteroatoms. The van der Waals surface area contributed by atoms with Gasteiger partial charge in [-0.2, -0.15) is 0 Å². The van der Waals surface area contributed by atoms with Crippen molar-refractivity contribution < 1.29 is 0 Å². The average molecular weight is 183 g/mol. The van der Waals surface area contributed by atoms with Crippen molar-refractivity contribution in [2.45, 2.75) is 32.7 Å². The summed E-state index contributed by atoms with van der Waals surface area (Å²) in [6.45, 7) is 9.58. The highest BCUT2D eigenvalue weighted by molar-refractivity contribution is 5.79. The van der Waals surface area contributed by atoms with Crippen LogP contribution in [0.25, 0.3) is 0 Å². The van der Waals surface area contributed by atoms with Gasteiger partial charge in [-0.05, 0) is 20.9 Å². The van der Waals surface area contributed by atoms with Crippen LogP contribution in [0.5, 0.6) is 0 Å². The molecule has 1 saturated heterocycles. The molecule has 0 spiro atoms. The van der Waals surface area contributed by atoms with Gasteiger partial charge in [0.15, 0.2) is 0 Å². The number of hydrogen-bond acceptors (Lipinski definition) is 2. The van der Waals surface area contributed by atoms with Crippen LogP contribution in [0.4, 0.5) is 0 Å². The Hall–Kier alpha value is -0.570. The molecule has 3 nitrogen and oxygen atoms in total. The van der Waals surface area contributed by atoms with Crippen molar-refractivity contribution in [1.82, 2.24) is 9.80 Å². The quantitative estimate of drug-likeness (QED) is 0.492. The first-order valence-corrected chi connectivity index (χ1v) is 5.01. The van der Waals surface area contributed by atoms with Crippen LogP contribution in [0.1, 0.15) is 27.2 Å². The van der Waals surface area contributed by atoms with Gasteiger partial charge in [0.05, 0.1) is 5.84 Å². The van der Waals surface area contributed by atoms with Crippen LogP contribution in [0.15, 0.2) is 0 Å². The molecule has 0 aromatic rings. The summed E-state index contributed by atoms with van der Waals surface area (Å²) in [6, 6.07) is 0. The molecule has 0 aromatic carbocycles. The van der Waals surface area contributed by atoms with E-state index < -0.39 is 0 Å². The number of likely N-dealkylation sites (N-methyl/N-ethyl adjacent to an activating group) is 1. The SMILES string of the molecule is CCC(=N)N1CCN(C)C(C)(C)C1. The standard InChI is InChI=1S/C10H21N3/c1-5-9(11)13-7-6-12(4)10(2,3)8-13/h11H,5-8H2,1-4H3. The van der Waals surface area contributed by atoms with Crippen molar-refractivity contribution in [2.24, 2.45) is 0 Å². The first kappa shape index (κ1) is 10.5. The van der Waals surface area contributed by atoms with E-state index in [9.17, 15) is 0 Å². The van der Waals surface area contributed by atoms with Gasteiger partial charge in [-0.15, -0.1) is 0 Å². The Kier molecular flexibility index (Phi) is 2.96. The van der Waals surface area contributed by atoms with Crippen molar-refractivity contribution in [3.05, 3.63) is 0 Å². The van der Waals surface area contributed by atoms with Gasteiger partial charge in [0.2, 0.25) is 0 Å². The molecule has 0 saturated carbocycles. The molecule has 13 heavy (non-hydrogen) atoms. The number of rotatable bonds is 1. The predicted molar refractivity (Wildman–Crippen MR) is 56.3 cm³/mol. The zero-order valence-electron chi connectivity index (χ0n) is 9.22. The molecule has 76 valence electrons. The third-order valence-electron chi connectivity index (χ3n) is 3.03. The maximum Gasteiger partial charge on any atom is 0.0955 e. The summed E-state index contributed by atoms with van der Waals surface area (Å²) in [4.78, 5) is 4.56. The molecule has 1 aliphatic rings. The molecule has 0 aromatic heterocycles. The Morgan fingerprint density at radius 3 is 2.46 bits per heavy atom. The summed E-state index contributed by atoms with van der Waals surface area (Å²) in [7, 11) is 2.16. The minimum atomic E-state index is 0.208. The molecule has 1 N–H and O–H groups in total. The first-order valence-electron chi connectivity index (χ1n) is 5.01. The van der Waals surface area contributed by atoms with Crippen molar-refractivity contribution in [3.8, 4) is 0 Å². The van der Waals surface area contributed by atoms with Crippen LogP contribution in [-0.4, -0.2) is 47.9 Å². The molecule has 1 fully saturated rings. The minimum absolute atomic E-state index is 0.208. The Morgan fingerprint density at radius 2 is 2.00 bits per heavy atom. The maximum absolute atomic E-state index is 7.78. The normalized spacial score (nSPS) is 23.2. The van der Waals surface area contributed by atoms with Crippen LogP contribution in [0.3, 0.4) is 0 Å². The third kappa shape index (κ3) is 2.21. The van der Waals surface area contributed by atoms with Gasteiger partial charge in [0.25, 0.3) is 0 Å². The van der Waals surface area contributed by atoms with Crippen LogP contribution >= 0.6 is 0 Å². The van der Waals surface area contributed by atoms with Crippen molar-refractivity contribution >= 4 is 5.84 Å². The number of amidine groups is 1. The molecule has 1 heterocycles. The lowest BCUT2D eigenvalue weighted by molar-refractivity contribution is 0.0732. The van der Waals surface area contributed by atoms with Gasteiger partial charge < -0.3 is 4.90 Å². The summed E-state index contributed by atoms with van der Waals surface area (Å²) >= 11 is 0. The lowest BCUT2D eigenvalue weighted by atomic mass is 9.99. The summed E-state index contributed by atoms with van der Waals surface area (Å²) < 4.78 is 0. The summed E-state index contributed by atoms with van der Waals surface area (Å²) in [5.41, 5.74) is 0.208. The van der Waals surface area contributed by atoms with Crippen LogP contribution in [-0.2, 0) is 0 Å². The van der Waals surface area contributed by atoms with E-state index in [0.29, 0.717) is 0 Å². The highest BCUT2D eigenvalue weighted by atomic mass is 15.3. The zero-order chi connectivity index (χ0) is 10.1. The largest absolute Gasteiger partial charge is 0.357 e. The predicted octanol–water partition coefficient (Wildman–Crippen LogP) is 1.40. The van der Waals surface area contributed by atoms with Crippen LogP contribution < -0.4 is 0 Å². The topological polar surface area (TPSA) is 30.3 Å². The first-order chi connectivity index (χ1) is 5.97. The summed E-state index contributed by atoms with van der Waals surface area (Å²) in [6.07, 6.45) is 0.847. The fraction of sp³-hybridized carbons (Fsp3) is 0.900.